The fourth-order valence-corrected chi connectivity index (χ4v) is 3.35. The molecule has 22 heavy (non-hydrogen) atoms. The summed E-state index contributed by atoms with van der Waals surface area (Å²) in [5.74, 6) is 0.101. The first-order valence-corrected chi connectivity index (χ1v) is 8.67. The van der Waals surface area contributed by atoms with E-state index in [4.69, 9.17) is 0 Å². The SMILES string of the molecule is O=C(Nc1ccc(CCN2CCCC2)cc1)[C@H]1CCCCN1. The molecule has 1 atom stereocenters. The van der Waals surface area contributed by atoms with Gasteiger partial charge in [-0.2, -0.15) is 0 Å². The van der Waals surface area contributed by atoms with E-state index in [9.17, 15) is 4.79 Å². The highest BCUT2D eigenvalue weighted by Crippen LogP contribution is 2.14. The second-order valence-electron chi connectivity index (χ2n) is 6.49. The van der Waals surface area contributed by atoms with Crippen molar-refractivity contribution in [3.05, 3.63) is 29.8 Å². The van der Waals surface area contributed by atoms with Gasteiger partial charge in [0.05, 0.1) is 6.04 Å². The maximum atomic E-state index is 12.2. The fourth-order valence-electron chi connectivity index (χ4n) is 3.35. The number of likely N-dealkylation sites (tertiary alicyclic amines) is 1. The Balaban J connectivity index is 1.47. The molecule has 1 aromatic carbocycles. The van der Waals surface area contributed by atoms with Gasteiger partial charge in [-0.05, 0) is 69.4 Å². The molecular formula is C18H27N3O. The highest BCUT2D eigenvalue weighted by molar-refractivity contribution is 5.94. The number of amides is 1. The minimum Gasteiger partial charge on any atom is -0.325 e. The topological polar surface area (TPSA) is 44.4 Å². The summed E-state index contributed by atoms with van der Waals surface area (Å²) in [5, 5.41) is 6.31. The Kier molecular flexibility index (Phi) is 5.46. The van der Waals surface area contributed by atoms with Crippen LogP contribution in [0.5, 0.6) is 0 Å². The number of carbonyl (C=O) groups is 1. The number of hydrogen-bond acceptors (Lipinski definition) is 3. The molecule has 120 valence electrons. The largest absolute Gasteiger partial charge is 0.325 e. The standard InChI is InChI=1S/C18H27N3O/c22-18(17-5-1-2-11-19-17)20-16-8-6-15(7-9-16)10-14-21-12-3-4-13-21/h6-9,17,19H,1-5,10-14H2,(H,20,22)/t17-/m1/s1. The van der Waals surface area contributed by atoms with Crippen LogP contribution in [0.1, 0.15) is 37.7 Å². The zero-order valence-corrected chi connectivity index (χ0v) is 13.3. The molecular weight excluding hydrogens is 274 g/mol. The summed E-state index contributed by atoms with van der Waals surface area (Å²) in [4.78, 5) is 14.7. The van der Waals surface area contributed by atoms with Crippen LogP contribution in [0.15, 0.2) is 24.3 Å². The third-order valence-corrected chi connectivity index (χ3v) is 4.76. The van der Waals surface area contributed by atoms with Gasteiger partial charge >= 0.3 is 0 Å². The Morgan fingerprint density at radius 2 is 1.91 bits per heavy atom. The van der Waals surface area contributed by atoms with Gasteiger partial charge in [-0.3, -0.25) is 4.79 Å². The molecule has 2 aliphatic heterocycles. The molecule has 0 radical (unpaired) electrons. The van der Waals surface area contributed by atoms with Crippen LogP contribution < -0.4 is 10.6 Å². The van der Waals surface area contributed by atoms with E-state index in [1.165, 1.54) is 37.9 Å². The molecule has 0 aliphatic carbocycles. The van der Waals surface area contributed by atoms with E-state index >= 15 is 0 Å². The Labute approximate surface area is 133 Å². The van der Waals surface area contributed by atoms with Crippen LogP contribution in [0, 0.1) is 0 Å². The molecule has 0 saturated carbocycles. The van der Waals surface area contributed by atoms with Gasteiger partial charge in [0.15, 0.2) is 0 Å². The molecule has 2 saturated heterocycles. The maximum Gasteiger partial charge on any atom is 0.241 e. The van der Waals surface area contributed by atoms with Gasteiger partial charge in [0.1, 0.15) is 0 Å². The molecule has 4 heteroatoms. The van der Waals surface area contributed by atoms with Gasteiger partial charge in [-0.15, -0.1) is 0 Å². The van der Waals surface area contributed by atoms with E-state index < -0.39 is 0 Å². The van der Waals surface area contributed by atoms with E-state index in [0.717, 1.165) is 38.0 Å². The van der Waals surface area contributed by atoms with Crippen LogP contribution in [0.25, 0.3) is 0 Å². The van der Waals surface area contributed by atoms with Gasteiger partial charge in [0, 0.05) is 12.2 Å². The van der Waals surface area contributed by atoms with Gasteiger partial charge < -0.3 is 15.5 Å². The number of benzene rings is 1. The van der Waals surface area contributed by atoms with Gasteiger partial charge in [0.25, 0.3) is 0 Å². The molecule has 3 rings (SSSR count). The molecule has 2 aliphatic rings. The van der Waals surface area contributed by atoms with Crippen LogP contribution in [0.3, 0.4) is 0 Å². The third kappa shape index (κ3) is 4.31. The summed E-state index contributed by atoms with van der Waals surface area (Å²) in [6.07, 6.45) is 7.05. The molecule has 2 N–H and O–H groups in total. The van der Waals surface area contributed by atoms with E-state index in [1.54, 1.807) is 0 Å². The first-order valence-electron chi connectivity index (χ1n) is 8.67. The minimum atomic E-state index is -0.0245. The summed E-state index contributed by atoms with van der Waals surface area (Å²) in [6, 6.07) is 8.31. The summed E-state index contributed by atoms with van der Waals surface area (Å²) < 4.78 is 0. The zero-order valence-electron chi connectivity index (χ0n) is 13.3. The van der Waals surface area contributed by atoms with E-state index in [2.05, 4.69) is 27.7 Å². The Bertz CT molecular complexity index is 474. The molecule has 0 spiro atoms. The van der Waals surface area contributed by atoms with Crippen LogP contribution in [-0.2, 0) is 11.2 Å². The number of piperidine rings is 1. The van der Waals surface area contributed by atoms with Crippen molar-refractivity contribution in [2.75, 3.05) is 31.5 Å². The normalized spacial score (nSPS) is 22.6. The summed E-state index contributed by atoms with van der Waals surface area (Å²) in [5.41, 5.74) is 2.25. The lowest BCUT2D eigenvalue weighted by molar-refractivity contribution is -0.118. The number of anilines is 1. The molecule has 1 aromatic rings. The predicted octanol–water partition coefficient (Wildman–Crippen LogP) is 2.41. The summed E-state index contributed by atoms with van der Waals surface area (Å²) >= 11 is 0. The van der Waals surface area contributed by atoms with Crippen molar-refractivity contribution in [3.63, 3.8) is 0 Å². The Morgan fingerprint density at radius 3 is 2.59 bits per heavy atom. The average Bonchev–Trinajstić information content (AvgIpc) is 3.08. The fraction of sp³-hybridized carbons (Fsp3) is 0.611. The highest BCUT2D eigenvalue weighted by atomic mass is 16.2. The van der Waals surface area contributed by atoms with E-state index in [-0.39, 0.29) is 11.9 Å². The zero-order chi connectivity index (χ0) is 15.2. The Morgan fingerprint density at radius 1 is 1.14 bits per heavy atom. The van der Waals surface area contributed by atoms with Gasteiger partial charge in [-0.1, -0.05) is 18.6 Å². The van der Waals surface area contributed by atoms with Crippen LogP contribution in [-0.4, -0.2) is 43.0 Å². The van der Waals surface area contributed by atoms with Crippen LogP contribution in [0.4, 0.5) is 5.69 Å². The van der Waals surface area contributed by atoms with Crippen molar-refractivity contribution in [2.45, 2.75) is 44.6 Å². The van der Waals surface area contributed by atoms with Crippen LogP contribution in [0.2, 0.25) is 0 Å². The smallest absolute Gasteiger partial charge is 0.241 e. The molecule has 1 amide bonds. The number of nitrogens with one attached hydrogen (secondary N) is 2. The minimum absolute atomic E-state index is 0.0245. The first-order chi connectivity index (χ1) is 10.8. The van der Waals surface area contributed by atoms with Crippen molar-refractivity contribution in [2.24, 2.45) is 0 Å². The maximum absolute atomic E-state index is 12.2. The predicted molar refractivity (Wildman–Crippen MR) is 90.1 cm³/mol. The van der Waals surface area contributed by atoms with Gasteiger partial charge in [-0.25, -0.2) is 0 Å². The van der Waals surface area contributed by atoms with Crippen molar-refractivity contribution >= 4 is 11.6 Å². The molecule has 0 unspecified atom stereocenters. The third-order valence-electron chi connectivity index (χ3n) is 4.76. The van der Waals surface area contributed by atoms with E-state index in [0.29, 0.717) is 0 Å². The lowest BCUT2D eigenvalue weighted by Gasteiger charge is -2.22. The molecule has 4 nitrogen and oxygen atoms in total. The van der Waals surface area contributed by atoms with Crippen molar-refractivity contribution in [3.8, 4) is 0 Å². The highest BCUT2D eigenvalue weighted by Gasteiger charge is 2.20. The van der Waals surface area contributed by atoms with Crippen molar-refractivity contribution < 1.29 is 4.79 Å². The molecule has 0 aromatic heterocycles. The summed E-state index contributed by atoms with van der Waals surface area (Å²) in [6.45, 7) is 4.61. The molecule has 2 fully saturated rings. The molecule has 2 heterocycles. The quantitative estimate of drug-likeness (QED) is 0.878. The van der Waals surface area contributed by atoms with Crippen molar-refractivity contribution in [1.82, 2.24) is 10.2 Å². The second kappa shape index (κ2) is 7.75. The van der Waals surface area contributed by atoms with Crippen LogP contribution >= 0.6 is 0 Å². The number of nitrogens with zero attached hydrogens (tertiary/aromatic N) is 1. The van der Waals surface area contributed by atoms with E-state index in [1.807, 2.05) is 12.1 Å². The second-order valence-corrected chi connectivity index (χ2v) is 6.49. The lowest BCUT2D eigenvalue weighted by atomic mass is 10.0. The number of carbonyl (C=O) groups excluding carboxylic acids is 1. The number of hydrogen-bond donors (Lipinski definition) is 2. The Hall–Kier alpha value is -1.39. The van der Waals surface area contributed by atoms with Gasteiger partial charge in [0.2, 0.25) is 5.91 Å². The lowest BCUT2D eigenvalue weighted by Crippen LogP contribution is -2.43. The average molecular weight is 301 g/mol. The van der Waals surface area contributed by atoms with Crippen molar-refractivity contribution in [1.29, 1.82) is 0 Å². The summed E-state index contributed by atoms with van der Waals surface area (Å²) in [7, 11) is 0. The monoisotopic (exact) mass is 301 g/mol. The molecule has 0 bridgehead atoms. The number of rotatable bonds is 5. The first kappa shape index (κ1) is 15.5.